The molecule has 0 aliphatic carbocycles. The van der Waals surface area contributed by atoms with Crippen LogP contribution in [0.4, 0.5) is 24.7 Å². The smallest absolute Gasteiger partial charge is 0.340 e. The summed E-state index contributed by atoms with van der Waals surface area (Å²) in [7, 11) is 0. The van der Waals surface area contributed by atoms with Crippen LogP contribution in [-0.4, -0.2) is 15.0 Å². The van der Waals surface area contributed by atoms with Crippen LogP contribution >= 0.6 is 12.4 Å². The standard InChI is InChI=1S/C21H15F3N4O.ClH/c1-12-8-20(29)28-18-9-15(6-7-16(12)18)27-19-10-17(25-11-26-19)13-2-4-14(5-3-13)21(22,23)24;/h2-11H,1H3,(H,28,29)(H,25,26,27);1H. The molecule has 154 valence electrons. The highest BCUT2D eigenvalue weighted by atomic mass is 35.5. The van der Waals surface area contributed by atoms with Crippen molar-refractivity contribution < 1.29 is 13.2 Å². The number of benzene rings is 2. The lowest BCUT2D eigenvalue weighted by atomic mass is 10.1. The van der Waals surface area contributed by atoms with Gasteiger partial charge in [0.25, 0.3) is 0 Å². The molecule has 0 spiro atoms. The SMILES string of the molecule is Cc1cc(=O)[nH]c2cc(Nc3cc(-c4ccc(C(F)(F)F)cc4)ncn3)ccc12.Cl. The van der Waals surface area contributed by atoms with E-state index in [1.54, 1.807) is 12.1 Å². The number of H-pyrrole nitrogens is 1. The van der Waals surface area contributed by atoms with Crippen molar-refractivity contribution in [2.75, 3.05) is 5.32 Å². The first-order valence-electron chi connectivity index (χ1n) is 8.70. The van der Waals surface area contributed by atoms with Gasteiger partial charge in [0, 0.05) is 28.8 Å². The van der Waals surface area contributed by atoms with Crippen molar-refractivity contribution in [3.8, 4) is 11.3 Å². The van der Waals surface area contributed by atoms with Gasteiger partial charge in [-0.15, -0.1) is 12.4 Å². The molecule has 0 bridgehead atoms. The minimum atomic E-state index is -4.38. The summed E-state index contributed by atoms with van der Waals surface area (Å²) in [5.41, 5.74) is 2.41. The fourth-order valence-electron chi connectivity index (χ4n) is 3.07. The van der Waals surface area contributed by atoms with E-state index in [0.29, 0.717) is 28.3 Å². The number of rotatable bonds is 3. The second-order valence-electron chi connectivity index (χ2n) is 6.57. The first-order chi connectivity index (χ1) is 13.8. The Labute approximate surface area is 175 Å². The summed E-state index contributed by atoms with van der Waals surface area (Å²) in [5, 5.41) is 4.06. The average molecular weight is 433 g/mol. The highest BCUT2D eigenvalue weighted by Gasteiger charge is 2.30. The third-order valence-corrected chi connectivity index (χ3v) is 4.50. The Morgan fingerprint density at radius 3 is 2.40 bits per heavy atom. The van der Waals surface area contributed by atoms with Gasteiger partial charge in [-0.25, -0.2) is 9.97 Å². The minimum absolute atomic E-state index is 0. The summed E-state index contributed by atoms with van der Waals surface area (Å²) in [4.78, 5) is 22.8. The Bertz CT molecular complexity index is 1250. The van der Waals surface area contributed by atoms with E-state index in [1.807, 2.05) is 19.1 Å². The first kappa shape index (κ1) is 21.3. The van der Waals surface area contributed by atoms with E-state index in [9.17, 15) is 18.0 Å². The molecular weight excluding hydrogens is 417 g/mol. The Hall–Kier alpha value is -3.39. The lowest BCUT2D eigenvalue weighted by Crippen LogP contribution is -2.05. The third kappa shape index (κ3) is 4.44. The second kappa shape index (κ2) is 8.16. The largest absolute Gasteiger partial charge is 0.416 e. The van der Waals surface area contributed by atoms with Crippen molar-refractivity contribution in [2.24, 2.45) is 0 Å². The molecule has 0 amide bonds. The number of nitrogens with one attached hydrogen (secondary N) is 2. The van der Waals surface area contributed by atoms with Crippen LogP contribution < -0.4 is 10.9 Å². The monoisotopic (exact) mass is 432 g/mol. The number of nitrogens with zero attached hydrogens (tertiary/aromatic N) is 2. The van der Waals surface area contributed by atoms with Gasteiger partial charge in [-0.2, -0.15) is 13.2 Å². The predicted octanol–water partition coefficient (Wildman–Crippen LogP) is 5.48. The molecule has 2 N–H and O–H groups in total. The molecule has 2 aromatic carbocycles. The maximum Gasteiger partial charge on any atom is 0.416 e. The molecule has 0 fully saturated rings. The molecule has 2 heterocycles. The van der Waals surface area contributed by atoms with Crippen LogP contribution in [0.3, 0.4) is 0 Å². The van der Waals surface area contributed by atoms with Crippen molar-refractivity contribution in [1.29, 1.82) is 0 Å². The Balaban J connectivity index is 0.00000256. The molecule has 0 atom stereocenters. The molecule has 9 heteroatoms. The van der Waals surface area contributed by atoms with E-state index in [4.69, 9.17) is 0 Å². The number of aryl methyl sites for hydroxylation is 1. The van der Waals surface area contributed by atoms with E-state index in [1.165, 1.54) is 24.5 Å². The summed E-state index contributed by atoms with van der Waals surface area (Å²) >= 11 is 0. The average Bonchev–Trinajstić information content (AvgIpc) is 2.67. The second-order valence-corrected chi connectivity index (χ2v) is 6.57. The van der Waals surface area contributed by atoms with Gasteiger partial charge < -0.3 is 10.3 Å². The van der Waals surface area contributed by atoms with Crippen molar-refractivity contribution >= 4 is 34.8 Å². The van der Waals surface area contributed by atoms with E-state index in [0.717, 1.165) is 23.1 Å². The van der Waals surface area contributed by atoms with Crippen molar-refractivity contribution in [1.82, 2.24) is 15.0 Å². The lowest BCUT2D eigenvalue weighted by molar-refractivity contribution is -0.137. The van der Waals surface area contributed by atoms with Crippen molar-refractivity contribution in [3.63, 3.8) is 0 Å². The van der Waals surface area contributed by atoms with Gasteiger partial charge in [-0.05, 0) is 36.8 Å². The Morgan fingerprint density at radius 2 is 1.70 bits per heavy atom. The fraction of sp³-hybridized carbons (Fsp3) is 0.0952. The number of halogens is 4. The number of hydrogen-bond acceptors (Lipinski definition) is 4. The fourth-order valence-corrected chi connectivity index (χ4v) is 3.07. The topological polar surface area (TPSA) is 70.7 Å². The number of aromatic amines is 1. The number of hydrogen-bond donors (Lipinski definition) is 2. The summed E-state index contributed by atoms with van der Waals surface area (Å²) < 4.78 is 38.2. The van der Waals surface area contributed by atoms with Gasteiger partial charge in [0.05, 0.1) is 16.8 Å². The van der Waals surface area contributed by atoms with Gasteiger partial charge in [-0.3, -0.25) is 4.79 Å². The van der Waals surface area contributed by atoms with E-state index in [2.05, 4.69) is 20.3 Å². The highest BCUT2D eigenvalue weighted by molar-refractivity contribution is 5.86. The molecule has 0 saturated heterocycles. The molecule has 4 aromatic rings. The van der Waals surface area contributed by atoms with Crippen LogP contribution in [0, 0.1) is 6.92 Å². The lowest BCUT2D eigenvalue weighted by Gasteiger charge is -2.10. The van der Waals surface area contributed by atoms with Crippen LogP contribution in [-0.2, 0) is 6.18 Å². The molecular formula is C21H16ClF3N4O. The molecule has 0 aliphatic heterocycles. The zero-order chi connectivity index (χ0) is 20.6. The Kier molecular flexibility index (Phi) is 5.80. The molecule has 0 aliphatic rings. The van der Waals surface area contributed by atoms with Crippen LogP contribution in [0.15, 0.2) is 65.7 Å². The van der Waals surface area contributed by atoms with Crippen LogP contribution in [0.2, 0.25) is 0 Å². The van der Waals surface area contributed by atoms with Crippen LogP contribution in [0.5, 0.6) is 0 Å². The van der Waals surface area contributed by atoms with E-state index < -0.39 is 11.7 Å². The minimum Gasteiger partial charge on any atom is -0.340 e. The van der Waals surface area contributed by atoms with Gasteiger partial charge in [0.15, 0.2) is 0 Å². The molecule has 0 unspecified atom stereocenters. The molecule has 2 aromatic heterocycles. The number of aromatic nitrogens is 3. The highest BCUT2D eigenvalue weighted by Crippen LogP contribution is 2.31. The van der Waals surface area contributed by atoms with Crippen LogP contribution in [0.1, 0.15) is 11.1 Å². The summed E-state index contributed by atoms with van der Waals surface area (Å²) in [6.45, 7) is 1.87. The Morgan fingerprint density at radius 1 is 0.967 bits per heavy atom. The van der Waals surface area contributed by atoms with Crippen molar-refractivity contribution in [3.05, 3.63) is 82.4 Å². The normalized spacial score (nSPS) is 11.2. The summed E-state index contributed by atoms with van der Waals surface area (Å²) in [6.07, 6.45) is -3.05. The van der Waals surface area contributed by atoms with Crippen molar-refractivity contribution in [2.45, 2.75) is 13.1 Å². The number of anilines is 2. The van der Waals surface area contributed by atoms with E-state index in [-0.39, 0.29) is 18.0 Å². The maximum absolute atomic E-state index is 12.7. The third-order valence-electron chi connectivity index (χ3n) is 4.50. The number of pyridine rings is 1. The summed E-state index contributed by atoms with van der Waals surface area (Å²) in [5.74, 6) is 0.476. The van der Waals surface area contributed by atoms with Crippen LogP contribution in [0.25, 0.3) is 22.2 Å². The number of fused-ring (bicyclic) bond motifs is 1. The summed E-state index contributed by atoms with van der Waals surface area (Å²) in [6, 6.07) is 13.5. The zero-order valence-corrected chi connectivity index (χ0v) is 16.4. The van der Waals surface area contributed by atoms with Gasteiger partial charge in [0.2, 0.25) is 5.56 Å². The maximum atomic E-state index is 12.7. The molecule has 0 saturated carbocycles. The molecule has 4 rings (SSSR count). The van der Waals surface area contributed by atoms with Gasteiger partial charge in [0.1, 0.15) is 12.1 Å². The zero-order valence-electron chi connectivity index (χ0n) is 15.6. The first-order valence-corrected chi connectivity index (χ1v) is 8.70. The van der Waals surface area contributed by atoms with Gasteiger partial charge >= 0.3 is 6.18 Å². The quantitative estimate of drug-likeness (QED) is 0.450. The molecule has 5 nitrogen and oxygen atoms in total. The van der Waals surface area contributed by atoms with Gasteiger partial charge in [-0.1, -0.05) is 18.2 Å². The van der Waals surface area contributed by atoms with E-state index >= 15 is 0 Å². The predicted molar refractivity (Wildman–Crippen MR) is 112 cm³/mol. The molecule has 30 heavy (non-hydrogen) atoms. The number of alkyl halides is 3. The molecule has 0 radical (unpaired) electrons.